The zero-order chi connectivity index (χ0) is 25.4. The number of anilines is 1. The van der Waals surface area contributed by atoms with E-state index in [9.17, 15) is 22.8 Å². The largest absolute Gasteiger partial charge is 0.481 e. The van der Waals surface area contributed by atoms with Crippen molar-refractivity contribution >= 4 is 17.7 Å². The molecule has 2 aromatic carbocycles. The Morgan fingerprint density at radius 2 is 1.60 bits per heavy atom. The first-order valence-electron chi connectivity index (χ1n) is 11.2. The Hall–Kier alpha value is -3.88. The second-order valence-electron chi connectivity index (χ2n) is 8.01. The number of hydrogen-bond acceptors (Lipinski definition) is 4. The molecule has 0 aliphatic rings. The molecule has 3 rings (SSSR count). The first-order valence-corrected chi connectivity index (χ1v) is 11.2. The molecule has 0 aliphatic carbocycles. The Morgan fingerprint density at radius 1 is 0.971 bits per heavy atom. The molecule has 0 radical (unpaired) electrons. The first-order chi connectivity index (χ1) is 16.7. The van der Waals surface area contributed by atoms with Gasteiger partial charge >= 0.3 is 12.1 Å². The summed E-state index contributed by atoms with van der Waals surface area (Å²) < 4.78 is 38.4. The average Bonchev–Trinajstić information content (AvgIpc) is 2.83. The molecule has 0 aliphatic heterocycles. The topological polar surface area (TPSA) is 91.3 Å². The van der Waals surface area contributed by atoms with Gasteiger partial charge in [0.1, 0.15) is 5.82 Å². The highest BCUT2D eigenvalue weighted by Crippen LogP contribution is 2.32. The predicted octanol–water partition coefficient (Wildman–Crippen LogP) is 5.93. The number of aliphatic carboxylic acids is 1. The summed E-state index contributed by atoms with van der Waals surface area (Å²) in [5.74, 6) is -0.802. The highest BCUT2D eigenvalue weighted by Gasteiger charge is 2.30. The van der Waals surface area contributed by atoms with Gasteiger partial charge in [-0.15, -0.1) is 0 Å². The van der Waals surface area contributed by atoms with Crippen molar-refractivity contribution in [1.82, 2.24) is 10.3 Å². The third-order valence-electron chi connectivity index (χ3n) is 5.41. The molecule has 35 heavy (non-hydrogen) atoms. The van der Waals surface area contributed by atoms with Crippen LogP contribution in [0.15, 0.2) is 66.9 Å². The fraction of sp³-hybridized carbons (Fsp3) is 0.269. The number of alkyl halides is 3. The fourth-order valence-corrected chi connectivity index (χ4v) is 3.55. The first kappa shape index (κ1) is 25.7. The number of carboxylic acids is 1. The van der Waals surface area contributed by atoms with Crippen LogP contribution in [-0.4, -0.2) is 28.5 Å². The fourth-order valence-electron chi connectivity index (χ4n) is 3.55. The molecule has 6 nitrogen and oxygen atoms in total. The molecule has 1 atom stereocenters. The number of hydrogen-bond donors (Lipinski definition) is 3. The van der Waals surface area contributed by atoms with Crippen molar-refractivity contribution in [3.8, 4) is 11.1 Å². The summed E-state index contributed by atoms with van der Waals surface area (Å²) in [6, 6.07) is 15.9. The standard InChI is InChI=1S/C26H26F3N3O3/c1-2-3-22(32-23-13-10-20(16-31-23)25(35)30-15-14-24(33)34)19-6-4-17(5-7-19)18-8-11-21(12-9-18)26(27,28)29/h4-13,16,22H,2-3,14-15H2,1H3,(H,30,35)(H,31,32)(H,33,34)/t22-/m0/s1. The van der Waals surface area contributed by atoms with E-state index in [-0.39, 0.29) is 19.0 Å². The third-order valence-corrected chi connectivity index (χ3v) is 5.41. The van der Waals surface area contributed by atoms with Gasteiger partial charge in [0.2, 0.25) is 0 Å². The lowest BCUT2D eigenvalue weighted by molar-refractivity contribution is -0.138. The summed E-state index contributed by atoms with van der Waals surface area (Å²) in [4.78, 5) is 26.9. The molecule has 0 fully saturated rings. The lowest BCUT2D eigenvalue weighted by atomic mass is 9.98. The van der Waals surface area contributed by atoms with E-state index in [4.69, 9.17) is 5.11 Å². The highest BCUT2D eigenvalue weighted by molar-refractivity contribution is 5.94. The molecule has 0 saturated carbocycles. The maximum absolute atomic E-state index is 12.8. The number of benzene rings is 2. The van der Waals surface area contributed by atoms with E-state index >= 15 is 0 Å². The number of pyridine rings is 1. The molecule has 0 unspecified atom stereocenters. The Morgan fingerprint density at radius 3 is 2.11 bits per heavy atom. The van der Waals surface area contributed by atoms with Gasteiger partial charge in [-0.25, -0.2) is 4.98 Å². The van der Waals surface area contributed by atoms with Gasteiger partial charge in [0.25, 0.3) is 5.91 Å². The summed E-state index contributed by atoms with van der Waals surface area (Å²) in [6.45, 7) is 2.10. The minimum Gasteiger partial charge on any atom is -0.481 e. The van der Waals surface area contributed by atoms with Crippen molar-refractivity contribution in [3.63, 3.8) is 0 Å². The van der Waals surface area contributed by atoms with E-state index in [1.165, 1.54) is 18.3 Å². The molecule has 9 heteroatoms. The zero-order valence-corrected chi connectivity index (χ0v) is 19.1. The number of amides is 1. The molecule has 184 valence electrons. The van der Waals surface area contributed by atoms with Crippen molar-refractivity contribution in [1.29, 1.82) is 0 Å². The van der Waals surface area contributed by atoms with Gasteiger partial charge in [0, 0.05) is 12.7 Å². The van der Waals surface area contributed by atoms with E-state index in [1.807, 2.05) is 24.3 Å². The molecule has 3 aromatic rings. The van der Waals surface area contributed by atoms with E-state index in [0.29, 0.717) is 16.9 Å². The lowest BCUT2D eigenvalue weighted by Gasteiger charge is -2.20. The summed E-state index contributed by atoms with van der Waals surface area (Å²) in [5, 5.41) is 14.5. The van der Waals surface area contributed by atoms with Crippen molar-refractivity contribution in [3.05, 3.63) is 83.6 Å². The van der Waals surface area contributed by atoms with Crippen LogP contribution in [-0.2, 0) is 11.0 Å². The minimum absolute atomic E-state index is 0.0369. The van der Waals surface area contributed by atoms with Crippen LogP contribution in [0, 0.1) is 0 Å². The van der Waals surface area contributed by atoms with Gasteiger partial charge < -0.3 is 15.7 Å². The van der Waals surface area contributed by atoms with Crippen molar-refractivity contribution in [2.75, 3.05) is 11.9 Å². The van der Waals surface area contributed by atoms with Gasteiger partial charge in [-0.1, -0.05) is 49.7 Å². The Kier molecular flexibility index (Phi) is 8.46. The molecule has 1 heterocycles. The number of nitrogens with zero attached hydrogens (tertiary/aromatic N) is 1. The van der Waals surface area contributed by atoms with Crippen molar-refractivity contribution in [2.24, 2.45) is 0 Å². The molecule has 1 amide bonds. The molecular weight excluding hydrogens is 459 g/mol. The van der Waals surface area contributed by atoms with Crippen LogP contribution in [0.4, 0.5) is 19.0 Å². The minimum atomic E-state index is -4.36. The summed E-state index contributed by atoms with van der Waals surface area (Å²) in [7, 11) is 0. The van der Waals surface area contributed by atoms with Gasteiger partial charge in [-0.2, -0.15) is 13.2 Å². The van der Waals surface area contributed by atoms with Crippen LogP contribution in [0.1, 0.15) is 53.7 Å². The van der Waals surface area contributed by atoms with Crippen LogP contribution in [0.25, 0.3) is 11.1 Å². The molecule has 0 bridgehead atoms. The van der Waals surface area contributed by atoms with E-state index in [0.717, 1.165) is 36.1 Å². The van der Waals surface area contributed by atoms with E-state index < -0.39 is 23.6 Å². The Labute approximate surface area is 201 Å². The van der Waals surface area contributed by atoms with Crippen LogP contribution < -0.4 is 10.6 Å². The molecule has 3 N–H and O–H groups in total. The van der Waals surface area contributed by atoms with Crippen LogP contribution in [0.2, 0.25) is 0 Å². The number of aromatic nitrogens is 1. The van der Waals surface area contributed by atoms with Crippen LogP contribution >= 0.6 is 0 Å². The van der Waals surface area contributed by atoms with Crippen LogP contribution in [0.3, 0.4) is 0 Å². The number of carbonyl (C=O) groups excluding carboxylic acids is 1. The van der Waals surface area contributed by atoms with Crippen molar-refractivity contribution < 1.29 is 27.9 Å². The average molecular weight is 486 g/mol. The second-order valence-corrected chi connectivity index (χ2v) is 8.01. The predicted molar refractivity (Wildman–Crippen MR) is 127 cm³/mol. The molecule has 0 spiro atoms. The quantitative estimate of drug-likeness (QED) is 0.331. The summed E-state index contributed by atoms with van der Waals surface area (Å²) in [5.41, 5.74) is 2.16. The number of carbonyl (C=O) groups is 2. The number of halogens is 3. The SMILES string of the molecule is CCC[C@H](Nc1ccc(C(=O)NCCC(=O)O)cn1)c1ccc(-c2ccc(C(F)(F)F)cc2)cc1. The molecule has 0 saturated heterocycles. The maximum atomic E-state index is 12.8. The summed E-state index contributed by atoms with van der Waals surface area (Å²) in [6.07, 6.45) is -1.37. The number of nitrogens with one attached hydrogen (secondary N) is 2. The summed E-state index contributed by atoms with van der Waals surface area (Å²) >= 11 is 0. The highest BCUT2D eigenvalue weighted by atomic mass is 19.4. The number of carboxylic acid groups (broad SMARTS) is 1. The second kappa shape index (κ2) is 11.5. The zero-order valence-electron chi connectivity index (χ0n) is 19.1. The van der Waals surface area contributed by atoms with E-state index in [2.05, 4.69) is 22.5 Å². The number of rotatable bonds is 10. The van der Waals surface area contributed by atoms with Gasteiger partial charge in [-0.3, -0.25) is 9.59 Å². The van der Waals surface area contributed by atoms with E-state index in [1.54, 1.807) is 12.1 Å². The third kappa shape index (κ3) is 7.30. The normalized spacial score (nSPS) is 12.1. The van der Waals surface area contributed by atoms with Gasteiger partial charge in [0.05, 0.1) is 23.6 Å². The monoisotopic (exact) mass is 485 g/mol. The smallest absolute Gasteiger partial charge is 0.416 e. The van der Waals surface area contributed by atoms with Crippen LogP contribution in [0.5, 0.6) is 0 Å². The molecule has 1 aromatic heterocycles. The van der Waals surface area contributed by atoms with Gasteiger partial charge in [0.15, 0.2) is 0 Å². The Balaban J connectivity index is 1.67. The van der Waals surface area contributed by atoms with Gasteiger partial charge in [-0.05, 0) is 47.4 Å². The Bertz CT molecular complexity index is 1130. The van der Waals surface area contributed by atoms with Crippen molar-refractivity contribution in [2.45, 2.75) is 38.4 Å². The maximum Gasteiger partial charge on any atom is 0.416 e. The molecular formula is C26H26F3N3O3. The lowest BCUT2D eigenvalue weighted by Crippen LogP contribution is -2.26.